The highest BCUT2D eigenvalue weighted by molar-refractivity contribution is 8.01. The average molecular weight is 335 g/mol. The number of nitrogens with zero attached hydrogens (tertiary/aromatic N) is 1. The van der Waals surface area contributed by atoms with E-state index in [1.807, 2.05) is 0 Å². The second kappa shape index (κ2) is 8.75. The van der Waals surface area contributed by atoms with E-state index in [1.54, 1.807) is 18.7 Å². The van der Waals surface area contributed by atoms with Crippen molar-refractivity contribution in [2.45, 2.75) is 56.9 Å². The van der Waals surface area contributed by atoms with Crippen molar-refractivity contribution < 1.29 is 8.42 Å². The summed E-state index contributed by atoms with van der Waals surface area (Å²) in [6, 6.07) is 0.646. The van der Waals surface area contributed by atoms with E-state index in [0.717, 1.165) is 31.1 Å². The molecule has 1 N–H and O–H groups in total. The summed E-state index contributed by atoms with van der Waals surface area (Å²) in [7, 11) is -2.95. The summed E-state index contributed by atoms with van der Waals surface area (Å²) in [5.41, 5.74) is 0. The van der Waals surface area contributed by atoms with Gasteiger partial charge in [0.15, 0.2) is 9.84 Å². The molecule has 0 aromatic rings. The van der Waals surface area contributed by atoms with Crippen LogP contribution in [-0.4, -0.2) is 61.6 Å². The summed E-state index contributed by atoms with van der Waals surface area (Å²) < 4.78 is 24.4. The summed E-state index contributed by atoms with van der Waals surface area (Å²) in [4.78, 5) is 2.18. The standard InChI is InChI=1S/C15H30N2O2S2/c1-2-21(18,19)15-13-20-12-11-17(15)10-9-16-14-7-5-3-4-6-8-14/h14-16H,2-13H2,1H3. The van der Waals surface area contributed by atoms with E-state index < -0.39 is 9.84 Å². The van der Waals surface area contributed by atoms with Crippen LogP contribution < -0.4 is 5.32 Å². The van der Waals surface area contributed by atoms with Crippen molar-refractivity contribution in [2.75, 3.05) is 36.9 Å². The first-order valence-corrected chi connectivity index (χ1v) is 11.3. The van der Waals surface area contributed by atoms with Gasteiger partial charge in [-0.25, -0.2) is 8.42 Å². The van der Waals surface area contributed by atoms with Crippen molar-refractivity contribution in [3.63, 3.8) is 0 Å². The molecule has 0 amide bonds. The number of nitrogens with one attached hydrogen (secondary N) is 1. The zero-order valence-corrected chi connectivity index (χ0v) is 14.9. The van der Waals surface area contributed by atoms with Gasteiger partial charge < -0.3 is 5.32 Å². The fourth-order valence-electron chi connectivity index (χ4n) is 3.29. The summed E-state index contributed by atoms with van der Waals surface area (Å²) in [6.07, 6.45) is 7.99. The van der Waals surface area contributed by atoms with E-state index in [2.05, 4.69) is 10.2 Å². The first-order chi connectivity index (χ1) is 10.1. The summed E-state index contributed by atoms with van der Waals surface area (Å²) in [6.45, 7) is 4.45. The first kappa shape index (κ1) is 17.6. The quantitative estimate of drug-likeness (QED) is 0.754. The Morgan fingerprint density at radius 2 is 1.90 bits per heavy atom. The Kier molecular flexibility index (Phi) is 7.32. The lowest BCUT2D eigenvalue weighted by atomic mass is 10.1. The van der Waals surface area contributed by atoms with Gasteiger partial charge in [0.1, 0.15) is 5.37 Å². The van der Waals surface area contributed by atoms with Crippen LogP contribution >= 0.6 is 11.8 Å². The lowest BCUT2D eigenvalue weighted by Gasteiger charge is -2.35. The SMILES string of the molecule is CCS(=O)(=O)C1CSCCN1CCNC1CCCCCC1. The Bertz CT molecular complexity index is 392. The van der Waals surface area contributed by atoms with E-state index in [1.165, 1.54) is 38.5 Å². The minimum atomic E-state index is -2.95. The van der Waals surface area contributed by atoms with E-state index in [0.29, 0.717) is 6.04 Å². The third kappa shape index (κ3) is 5.41. The van der Waals surface area contributed by atoms with Crippen molar-refractivity contribution in [3.8, 4) is 0 Å². The van der Waals surface area contributed by atoms with Crippen molar-refractivity contribution in [2.24, 2.45) is 0 Å². The Balaban J connectivity index is 1.79. The summed E-state index contributed by atoms with van der Waals surface area (Å²) in [5, 5.41) is 3.39. The highest BCUT2D eigenvalue weighted by Gasteiger charge is 2.32. The second-order valence-electron chi connectivity index (χ2n) is 6.16. The molecule has 2 aliphatic rings. The maximum Gasteiger partial charge on any atom is 0.166 e. The number of rotatable bonds is 6. The molecule has 124 valence electrons. The monoisotopic (exact) mass is 334 g/mol. The second-order valence-corrected chi connectivity index (χ2v) is 9.76. The molecular weight excluding hydrogens is 304 g/mol. The molecule has 2 rings (SSSR count). The van der Waals surface area contributed by atoms with Crippen LogP contribution in [0.3, 0.4) is 0 Å². The molecule has 0 aromatic heterocycles. The molecule has 6 heteroatoms. The fourth-order valence-corrected chi connectivity index (χ4v) is 6.40. The minimum Gasteiger partial charge on any atom is -0.313 e. The van der Waals surface area contributed by atoms with Crippen LogP contribution in [0.5, 0.6) is 0 Å². The van der Waals surface area contributed by atoms with Crippen LogP contribution in [0.25, 0.3) is 0 Å². The number of hydrogen-bond donors (Lipinski definition) is 1. The molecule has 1 saturated carbocycles. The third-order valence-electron chi connectivity index (χ3n) is 4.69. The lowest BCUT2D eigenvalue weighted by molar-refractivity contribution is 0.263. The summed E-state index contributed by atoms with van der Waals surface area (Å²) in [5.74, 6) is 2.05. The normalized spacial score (nSPS) is 26.6. The molecule has 1 aliphatic carbocycles. The Morgan fingerprint density at radius 3 is 2.57 bits per heavy atom. The average Bonchev–Trinajstić information content (AvgIpc) is 2.76. The molecule has 1 heterocycles. The Morgan fingerprint density at radius 1 is 1.19 bits per heavy atom. The van der Waals surface area contributed by atoms with Crippen molar-refractivity contribution >= 4 is 21.6 Å². The smallest absolute Gasteiger partial charge is 0.166 e. The molecule has 2 fully saturated rings. The predicted octanol–water partition coefficient (Wildman–Crippen LogP) is 2.11. The first-order valence-electron chi connectivity index (χ1n) is 8.40. The van der Waals surface area contributed by atoms with E-state index >= 15 is 0 Å². The highest BCUT2D eigenvalue weighted by Crippen LogP contribution is 2.21. The number of thioether (sulfide) groups is 1. The molecule has 1 aliphatic heterocycles. The Labute approximate surface area is 134 Å². The van der Waals surface area contributed by atoms with Gasteiger partial charge >= 0.3 is 0 Å². The Hall–Kier alpha value is 0.220. The van der Waals surface area contributed by atoms with Gasteiger partial charge in [0, 0.05) is 42.9 Å². The molecule has 0 radical (unpaired) electrons. The van der Waals surface area contributed by atoms with Gasteiger partial charge in [-0.2, -0.15) is 11.8 Å². The van der Waals surface area contributed by atoms with Gasteiger partial charge in [-0.15, -0.1) is 0 Å². The van der Waals surface area contributed by atoms with Gasteiger partial charge in [-0.05, 0) is 12.8 Å². The number of hydrogen-bond acceptors (Lipinski definition) is 5. The molecular formula is C15H30N2O2S2. The van der Waals surface area contributed by atoms with Crippen molar-refractivity contribution in [1.82, 2.24) is 10.2 Å². The van der Waals surface area contributed by atoms with Crippen molar-refractivity contribution in [3.05, 3.63) is 0 Å². The molecule has 0 bridgehead atoms. The van der Waals surface area contributed by atoms with Gasteiger partial charge in [0.05, 0.1) is 0 Å². The molecule has 1 unspecified atom stereocenters. The zero-order valence-electron chi connectivity index (χ0n) is 13.2. The molecule has 21 heavy (non-hydrogen) atoms. The highest BCUT2D eigenvalue weighted by atomic mass is 32.2. The third-order valence-corrected chi connectivity index (χ3v) is 8.03. The predicted molar refractivity (Wildman–Crippen MR) is 91.6 cm³/mol. The zero-order chi connectivity index (χ0) is 15.1. The molecule has 1 saturated heterocycles. The lowest BCUT2D eigenvalue weighted by Crippen LogP contribution is -2.50. The maximum absolute atomic E-state index is 12.2. The van der Waals surface area contributed by atoms with Gasteiger partial charge in [0.25, 0.3) is 0 Å². The van der Waals surface area contributed by atoms with Gasteiger partial charge in [0.2, 0.25) is 0 Å². The fraction of sp³-hybridized carbons (Fsp3) is 1.00. The van der Waals surface area contributed by atoms with Gasteiger partial charge in [-0.1, -0.05) is 32.6 Å². The van der Waals surface area contributed by atoms with Crippen LogP contribution in [0.4, 0.5) is 0 Å². The van der Waals surface area contributed by atoms with Crippen LogP contribution in [0, 0.1) is 0 Å². The van der Waals surface area contributed by atoms with Crippen LogP contribution in [0.1, 0.15) is 45.4 Å². The minimum absolute atomic E-state index is 0.255. The van der Waals surface area contributed by atoms with E-state index in [9.17, 15) is 8.42 Å². The largest absolute Gasteiger partial charge is 0.313 e. The topological polar surface area (TPSA) is 49.4 Å². The van der Waals surface area contributed by atoms with E-state index in [4.69, 9.17) is 0 Å². The summed E-state index contributed by atoms with van der Waals surface area (Å²) >= 11 is 1.77. The van der Waals surface area contributed by atoms with Crippen LogP contribution in [0.2, 0.25) is 0 Å². The molecule has 1 atom stereocenters. The van der Waals surface area contributed by atoms with Crippen LogP contribution in [-0.2, 0) is 9.84 Å². The van der Waals surface area contributed by atoms with Crippen LogP contribution in [0.15, 0.2) is 0 Å². The van der Waals surface area contributed by atoms with E-state index in [-0.39, 0.29) is 11.1 Å². The van der Waals surface area contributed by atoms with Crippen molar-refractivity contribution in [1.29, 1.82) is 0 Å². The molecule has 4 nitrogen and oxygen atoms in total. The molecule has 0 aromatic carbocycles. The van der Waals surface area contributed by atoms with Gasteiger partial charge in [-0.3, -0.25) is 4.90 Å². The molecule has 0 spiro atoms. The number of sulfone groups is 1. The maximum atomic E-state index is 12.2.